The van der Waals surface area contributed by atoms with Crippen molar-refractivity contribution in [3.05, 3.63) is 35.6 Å². The van der Waals surface area contributed by atoms with Gasteiger partial charge in [-0.05, 0) is 46.1 Å². The van der Waals surface area contributed by atoms with Gasteiger partial charge < -0.3 is 20.2 Å². The number of aliphatic hydroxyl groups excluding tert-OH is 1. The van der Waals surface area contributed by atoms with Crippen molar-refractivity contribution in [2.24, 2.45) is 5.92 Å². The molecule has 1 atom stereocenters. The third-order valence-corrected chi connectivity index (χ3v) is 4.51. The molecule has 0 spiro atoms. The van der Waals surface area contributed by atoms with Crippen LogP contribution in [0.4, 0.5) is 4.39 Å². The van der Waals surface area contributed by atoms with Crippen molar-refractivity contribution in [3.63, 3.8) is 0 Å². The summed E-state index contributed by atoms with van der Waals surface area (Å²) in [5.74, 6) is -0.222. The van der Waals surface area contributed by atoms with Crippen molar-refractivity contribution in [1.82, 2.24) is 15.1 Å². The Morgan fingerprint density at radius 2 is 2.04 bits per heavy atom. The summed E-state index contributed by atoms with van der Waals surface area (Å²) in [6.45, 7) is 3.39. The Balaban J connectivity index is 1.74. The first-order chi connectivity index (χ1) is 11.5. The Labute approximate surface area is 143 Å². The topological polar surface area (TPSA) is 55.8 Å². The van der Waals surface area contributed by atoms with Crippen LogP contribution in [-0.2, 0) is 4.79 Å². The lowest BCUT2D eigenvalue weighted by atomic mass is 9.95. The Morgan fingerprint density at radius 1 is 1.38 bits per heavy atom. The number of nitrogens with zero attached hydrogens (tertiary/aromatic N) is 2. The summed E-state index contributed by atoms with van der Waals surface area (Å²) >= 11 is 0. The van der Waals surface area contributed by atoms with Crippen molar-refractivity contribution < 1.29 is 14.3 Å². The number of β-amino-alcohol motifs (C(OH)–C–C–N with tert-alkyl or cyclic N) is 1. The monoisotopic (exact) mass is 337 g/mol. The fourth-order valence-corrected chi connectivity index (χ4v) is 3.01. The first-order valence-electron chi connectivity index (χ1n) is 8.54. The number of carbonyl (C=O) groups is 1. The first kappa shape index (κ1) is 18.8. The molecule has 0 radical (unpaired) electrons. The van der Waals surface area contributed by atoms with Crippen LogP contribution in [0.25, 0.3) is 0 Å². The average molecular weight is 337 g/mol. The van der Waals surface area contributed by atoms with Gasteiger partial charge in [-0.1, -0.05) is 18.2 Å². The lowest BCUT2D eigenvalue weighted by Gasteiger charge is -2.32. The van der Waals surface area contributed by atoms with Crippen LogP contribution in [-0.4, -0.2) is 67.6 Å². The van der Waals surface area contributed by atoms with Crippen molar-refractivity contribution >= 4 is 5.91 Å². The number of piperidine rings is 1. The highest BCUT2D eigenvalue weighted by Gasteiger charge is 2.26. The number of nitrogens with one attached hydrogen (secondary N) is 1. The standard InChI is InChI=1S/C18H28FN3O2/c1-21(2)12-9-20-18(24)14-7-10-22(11-8-14)13-17(23)15-5-3-4-6-16(15)19/h3-6,14,17,23H,7-13H2,1-2H3,(H,20,24). The van der Waals surface area contributed by atoms with E-state index >= 15 is 0 Å². The number of rotatable bonds is 7. The highest BCUT2D eigenvalue weighted by Crippen LogP contribution is 2.22. The molecule has 0 aromatic heterocycles. The number of carbonyl (C=O) groups excluding carboxylic acids is 1. The quantitative estimate of drug-likeness (QED) is 0.786. The van der Waals surface area contributed by atoms with Crippen molar-refractivity contribution in [2.75, 3.05) is 46.8 Å². The molecule has 2 N–H and O–H groups in total. The minimum absolute atomic E-state index is 0.0361. The number of likely N-dealkylation sites (tertiary alicyclic amines) is 1. The number of likely N-dealkylation sites (N-methyl/N-ethyl adjacent to an activating group) is 1. The van der Waals surface area contributed by atoms with E-state index in [1.165, 1.54) is 6.07 Å². The largest absolute Gasteiger partial charge is 0.387 e. The zero-order valence-electron chi connectivity index (χ0n) is 14.5. The van der Waals surface area contributed by atoms with E-state index in [0.717, 1.165) is 32.5 Å². The number of benzene rings is 1. The van der Waals surface area contributed by atoms with Gasteiger partial charge in [-0.2, -0.15) is 0 Å². The summed E-state index contributed by atoms with van der Waals surface area (Å²) in [6.07, 6.45) is 0.715. The van der Waals surface area contributed by atoms with E-state index < -0.39 is 6.10 Å². The zero-order chi connectivity index (χ0) is 17.5. The predicted octanol–water partition coefficient (Wildman–Crippen LogP) is 1.25. The summed E-state index contributed by atoms with van der Waals surface area (Å²) in [6, 6.07) is 6.33. The molecule has 1 aromatic rings. The van der Waals surface area contributed by atoms with E-state index in [2.05, 4.69) is 10.2 Å². The molecule has 1 aliphatic heterocycles. The van der Waals surface area contributed by atoms with Gasteiger partial charge in [0.2, 0.25) is 5.91 Å². The molecule has 6 heteroatoms. The van der Waals surface area contributed by atoms with Crippen LogP contribution in [0.2, 0.25) is 0 Å². The third-order valence-electron chi connectivity index (χ3n) is 4.51. The molecule has 1 unspecified atom stereocenters. The van der Waals surface area contributed by atoms with Crippen molar-refractivity contribution in [3.8, 4) is 0 Å². The summed E-state index contributed by atoms with van der Waals surface area (Å²) in [5, 5.41) is 13.2. The summed E-state index contributed by atoms with van der Waals surface area (Å²) in [4.78, 5) is 16.3. The van der Waals surface area contributed by atoms with E-state index in [9.17, 15) is 14.3 Å². The molecule has 0 bridgehead atoms. The maximum absolute atomic E-state index is 13.7. The normalized spacial score (nSPS) is 17.9. The maximum Gasteiger partial charge on any atom is 0.223 e. The van der Waals surface area contributed by atoms with E-state index in [-0.39, 0.29) is 17.6 Å². The average Bonchev–Trinajstić information content (AvgIpc) is 2.55. The second-order valence-electron chi connectivity index (χ2n) is 6.71. The molecule has 1 aromatic carbocycles. The van der Waals surface area contributed by atoms with Crippen LogP contribution >= 0.6 is 0 Å². The van der Waals surface area contributed by atoms with Crippen molar-refractivity contribution in [2.45, 2.75) is 18.9 Å². The fourth-order valence-electron chi connectivity index (χ4n) is 3.01. The summed E-state index contributed by atoms with van der Waals surface area (Å²) in [5.41, 5.74) is 0.334. The fraction of sp³-hybridized carbons (Fsp3) is 0.611. The number of amides is 1. The Kier molecular flexibility index (Phi) is 7.15. The predicted molar refractivity (Wildman–Crippen MR) is 92.1 cm³/mol. The van der Waals surface area contributed by atoms with Crippen LogP contribution in [0, 0.1) is 11.7 Å². The molecule has 2 rings (SSSR count). The SMILES string of the molecule is CN(C)CCNC(=O)C1CCN(CC(O)c2ccccc2F)CC1. The van der Waals surface area contributed by atoms with Crippen LogP contribution in [0.1, 0.15) is 24.5 Å². The summed E-state index contributed by atoms with van der Waals surface area (Å²) in [7, 11) is 3.96. The van der Waals surface area contributed by atoms with E-state index in [1.54, 1.807) is 18.2 Å². The highest BCUT2D eigenvalue weighted by molar-refractivity contribution is 5.78. The van der Waals surface area contributed by atoms with E-state index in [4.69, 9.17) is 0 Å². The molecular weight excluding hydrogens is 309 g/mol. The number of halogens is 1. The molecule has 0 saturated carbocycles. The van der Waals surface area contributed by atoms with Crippen LogP contribution in [0.5, 0.6) is 0 Å². The van der Waals surface area contributed by atoms with Crippen LogP contribution in [0.15, 0.2) is 24.3 Å². The van der Waals surface area contributed by atoms with Crippen LogP contribution < -0.4 is 5.32 Å². The lowest BCUT2D eigenvalue weighted by molar-refractivity contribution is -0.126. The zero-order valence-corrected chi connectivity index (χ0v) is 14.5. The smallest absolute Gasteiger partial charge is 0.223 e. The maximum atomic E-state index is 13.7. The minimum Gasteiger partial charge on any atom is -0.387 e. The van der Waals surface area contributed by atoms with Crippen molar-refractivity contribution in [1.29, 1.82) is 0 Å². The van der Waals surface area contributed by atoms with Gasteiger partial charge in [-0.25, -0.2) is 4.39 Å². The molecule has 134 valence electrons. The molecule has 5 nitrogen and oxygen atoms in total. The molecule has 24 heavy (non-hydrogen) atoms. The van der Waals surface area contributed by atoms with Gasteiger partial charge >= 0.3 is 0 Å². The molecule has 1 amide bonds. The Hall–Kier alpha value is -1.50. The molecule has 1 fully saturated rings. The Morgan fingerprint density at radius 3 is 2.67 bits per heavy atom. The van der Waals surface area contributed by atoms with Gasteiger partial charge in [0.15, 0.2) is 0 Å². The first-order valence-corrected chi connectivity index (χ1v) is 8.54. The second-order valence-corrected chi connectivity index (χ2v) is 6.71. The van der Waals surface area contributed by atoms with Gasteiger partial charge in [0, 0.05) is 31.1 Å². The Bertz CT molecular complexity index is 531. The third kappa shape index (κ3) is 5.54. The second kappa shape index (κ2) is 9.11. The van der Waals surface area contributed by atoms with E-state index in [1.807, 2.05) is 19.0 Å². The van der Waals surface area contributed by atoms with Gasteiger partial charge in [-0.15, -0.1) is 0 Å². The van der Waals surface area contributed by atoms with Gasteiger partial charge in [0.25, 0.3) is 0 Å². The number of hydrogen-bond donors (Lipinski definition) is 2. The summed E-state index contributed by atoms with van der Waals surface area (Å²) < 4.78 is 13.7. The minimum atomic E-state index is -0.836. The highest BCUT2D eigenvalue weighted by atomic mass is 19.1. The molecular formula is C18H28FN3O2. The van der Waals surface area contributed by atoms with Crippen LogP contribution in [0.3, 0.4) is 0 Å². The van der Waals surface area contributed by atoms with E-state index in [0.29, 0.717) is 18.7 Å². The molecule has 0 aliphatic carbocycles. The van der Waals surface area contributed by atoms with Gasteiger partial charge in [-0.3, -0.25) is 4.79 Å². The number of aliphatic hydroxyl groups is 1. The lowest BCUT2D eigenvalue weighted by Crippen LogP contribution is -2.43. The van der Waals surface area contributed by atoms with Gasteiger partial charge in [0.1, 0.15) is 5.82 Å². The molecule has 1 saturated heterocycles. The molecule has 1 heterocycles. The molecule has 1 aliphatic rings. The number of hydrogen-bond acceptors (Lipinski definition) is 4. The van der Waals surface area contributed by atoms with Gasteiger partial charge in [0.05, 0.1) is 6.10 Å².